The van der Waals surface area contributed by atoms with Crippen molar-refractivity contribution < 1.29 is 4.79 Å². The molecule has 2 aliphatic rings. The number of aromatic nitrogens is 3. The predicted molar refractivity (Wildman–Crippen MR) is 94.8 cm³/mol. The Morgan fingerprint density at radius 2 is 1.79 bits per heavy atom. The molecule has 0 spiro atoms. The fourth-order valence-corrected chi connectivity index (χ4v) is 3.95. The first kappa shape index (κ1) is 17.4. The van der Waals surface area contributed by atoms with Crippen LogP contribution in [0.3, 0.4) is 0 Å². The maximum absolute atomic E-state index is 12.5. The third-order valence-electron chi connectivity index (χ3n) is 5.66. The van der Waals surface area contributed by atoms with Crippen LogP contribution in [0.25, 0.3) is 0 Å². The molecule has 5 heteroatoms. The zero-order valence-electron chi connectivity index (χ0n) is 15.5. The van der Waals surface area contributed by atoms with Gasteiger partial charge >= 0.3 is 0 Å². The van der Waals surface area contributed by atoms with Crippen molar-refractivity contribution in [3.05, 3.63) is 11.9 Å². The van der Waals surface area contributed by atoms with Gasteiger partial charge in [-0.05, 0) is 31.6 Å². The highest BCUT2D eigenvalue weighted by Gasteiger charge is 2.27. The molecule has 1 saturated heterocycles. The van der Waals surface area contributed by atoms with Crippen molar-refractivity contribution in [3.63, 3.8) is 0 Å². The highest BCUT2D eigenvalue weighted by Crippen LogP contribution is 2.29. The van der Waals surface area contributed by atoms with Gasteiger partial charge in [0, 0.05) is 31.1 Å². The van der Waals surface area contributed by atoms with Crippen LogP contribution in [-0.4, -0.2) is 38.9 Å². The molecule has 1 aliphatic carbocycles. The maximum Gasteiger partial charge on any atom is 0.222 e. The summed E-state index contributed by atoms with van der Waals surface area (Å²) < 4.78 is 2.02. The summed E-state index contributed by atoms with van der Waals surface area (Å²) in [6, 6.07) is 0.382. The zero-order chi connectivity index (χ0) is 17.2. The highest BCUT2D eigenvalue weighted by atomic mass is 16.2. The van der Waals surface area contributed by atoms with Crippen LogP contribution in [0.15, 0.2) is 6.20 Å². The molecule has 0 aromatic carbocycles. The summed E-state index contributed by atoms with van der Waals surface area (Å²) in [7, 11) is 0. The number of nitrogens with zero attached hydrogens (tertiary/aromatic N) is 4. The van der Waals surface area contributed by atoms with Crippen LogP contribution < -0.4 is 0 Å². The molecule has 2 heterocycles. The fraction of sp³-hybridized carbons (Fsp3) is 0.842. The monoisotopic (exact) mass is 332 g/mol. The molecule has 134 valence electrons. The Morgan fingerprint density at radius 3 is 2.38 bits per heavy atom. The Hall–Kier alpha value is -1.39. The average Bonchev–Trinajstić information content (AvgIpc) is 3.06. The lowest BCUT2D eigenvalue weighted by atomic mass is 9.86. The maximum atomic E-state index is 12.5. The number of likely N-dealkylation sites (tertiary alicyclic amines) is 1. The van der Waals surface area contributed by atoms with Crippen molar-refractivity contribution in [1.82, 2.24) is 19.9 Å². The molecule has 0 bridgehead atoms. The lowest BCUT2D eigenvalue weighted by molar-refractivity contribution is -0.133. The minimum absolute atomic E-state index is 0.0366. The van der Waals surface area contributed by atoms with Gasteiger partial charge in [0.15, 0.2) is 0 Å². The molecular weight excluding hydrogens is 300 g/mol. The number of carbonyl (C=O) groups excluding carboxylic acids is 1. The second-order valence-electron chi connectivity index (χ2n) is 8.65. The van der Waals surface area contributed by atoms with Crippen molar-refractivity contribution >= 4 is 5.91 Å². The van der Waals surface area contributed by atoms with Gasteiger partial charge in [0.1, 0.15) is 0 Å². The van der Waals surface area contributed by atoms with Crippen LogP contribution in [0.2, 0.25) is 0 Å². The molecule has 0 radical (unpaired) electrons. The van der Waals surface area contributed by atoms with E-state index in [-0.39, 0.29) is 5.41 Å². The molecule has 1 saturated carbocycles. The van der Waals surface area contributed by atoms with Gasteiger partial charge in [0.25, 0.3) is 0 Å². The molecular formula is C19H32N4O. The van der Waals surface area contributed by atoms with Crippen LogP contribution >= 0.6 is 0 Å². The minimum atomic E-state index is 0.0366. The third-order valence-corrected chi connectivity index (χ3v) is 5.66. The van der Waals surface area contributed by atoms with E-state index in [1.54, 1.807) is 0 Å². The molecule has 1 aromatic heterocycles. The second-order valence-corrected chi connectivity index (χ2v) is 8.65. The summed E-state index contributed by atoms with van der Waals surface area (Å²) in [4.78, 5) is 14.6. The Labute approximate surface area is 145 Å². The molecule has 0 atom stereocenters. The lowest BCUT2D eigenvalue weighted by Gasteiger charge is -2.33. The van der Waals surface area contributed by atoms with E-state index in [1.165, 1.54) is 32.1 Å². The molecule has 1 aromatic rings. The number of piperidine rings is 1. The van der Waals surface area contributed by atoms with E-state index in [2.05, 4.69) is 42.2 Å². The summed E-state index contributed by atoms with van der Waals surface area (Å²) in [5, 5.41) is 8.66. The Kier molecular flexibility index (Phi) is 5.26. The quantitative estimate of drug-likeness (QED) is 0.848. The van der Waals surface area contributed by atoms with Crippen molar-refractivity contribution in [2.24, 2.45) is 5.92 Å². The SMILES string of the molecule is CC(C)(C)c1cn(C2CCN(C(=O)CC3CCCCC3)CC2)nn1. The van der Waals surface area contributed by atoms with E-state index in [1.807, 2.05) is 4.68 Å². The molecule has 0 N–H and O–H groups in total. The number of carbonyl (C=O) groups is 1. The van der Waals surface area contributed by atoms with E-state index in [0.717, 1.165) is 38.0 Å². The second kappa shape index (κ2) is 7.24. The van der Waals surface area contributed by atoms with Crippen molar-refractivity contribution in [3.8, 4) is 0 Å². The molecule has 1 aliphatic heterocycles. The topological polar surface area (TPSA) is 51.0 Å². The van der Waals surface area contributed by atoms with Gasteiger partial charge in [-0.3, -0.25) is 4.79 Å². The number of amides is 1. The Balaban J connectivity index is 1.50. The first-order chi connectivity index (χ1) is 11.4. The van der Waals surface area contributed by atoms with Gasteiger partial charge in [-0.15, -0.1) is 5.10 Å². The van der Waals surface area contributed by atoms with Crippen LogP contribution in [0.5, 0.6) is 0 Å². The largest absolute Gasteiger partial charge is 0.343 e. The highest BCUT2D eigenvalue weighted by molar-refractivity contribution is 5.76. The molecule has 24 heavy (non-hydrogen) atoms. The van der Waals surface area contributed by atoms with Crippen LogP contribution in [0, 0.1) is 5.92 Å². The van der Waals surface area contributed by atoms with Crippen molar-refractivity contribution in [2.75, 3.05) is 13.1 Å². The molecule has 5 nitrogen and oxygen atoms in total. The predicted octanol–water partition coefficient (Wildman–Crippen LogP) is 3.71. The van der Waals surface area contributed by atoms with Crippen LogP contribution in [0.1, 0.15) is 83.9 Å². The third kappa shape index (κ3) is 4.17. The van der Waals surface area contributed by atoms with Crippen molar-refractivity contribution in [1.29, 1.82) is 0 Å². The first-order valence-electron chi connectivity index (χ1n) is 9.63. The lowest BCUT2D eigenvalue weighted by Crippen LogP contribution is -2.40. The first-order valence-corrected chi connectivity index (χ1v) is 9.63. The molecule has 1 amide bonds. The summed E-state index contributed by atoms with van der Waals surface area (Å²) in [6.45, 7) is 8.21. The van der Waals surface area contributed by atoms with Crippen LogP contribution in [0.4, 0.5) is 0 Å². The van der Waals surface area contributed by atoms with Gasteiger partial charge in [-0.2, -0.15) is 0 Å². The fourth-order valence-electron chi connectivity index (χ4n) is 3.95. The molecule has 3 rings (SSSR count). The van der Waals surface area contributed by atoms with Gasteiger partial charge in [-0.25, -0.2) is 4.68 Å². The molecule has 2 fully saturated rings. The summed E-state index contributed by atoms with van der Waals surface area (Å²) >= 11 is 0. The standard InChI is InChI=1S/C19H32N4O/c1-19(2,3)17-14-23(21-20-17)16-9-11-22(12-10-16)18(24)13-15-7-5-4-6-8-15/h14-16H,4-13H2,1-3H3. The Morgan fingerprint density at radius 1 is 1.12 bits per heavy atom. The summed E-state index contributed by atoms with van der Waals surface area (Å²) in [6.07, 6.45) is 11.3. The van der Waals surface area contributed by atoms with E-state index >= 15 is 0 Å². The summed E-state index contributed by atoms with van der Waals surface area (Å²) in [5.41, 5.74) is 1.08. The van der Waals surface area contributed by atoms with Gasteiger partial charge in [0.2, 0.25) is 5.91 Å². The van der Waals surface area contributed by atoms with Gasteiger partial charge in [0.05, 0.1) is 11.7 Å². The van der Waals surface area contributed by atoms with E-state index < -0.39 is 0 Å². The Bertz CT molecular complexity index is 546. The smallest absolute Gasteiger partial charge is 0.222 e. The van der Waals surface area contributed by atoms with Gasteiger partial charge < -0.3 is 4.90 Å². The van der Waals surface area contributed by atoms with E-state index in [9.17, 15) is 4.79 Å². The number of hydrogen-bond acceptors (Lipinski definition) is 3. The average molecular weight is 332 g/mol. The zero-order valence-corrected chi connectivity index (χ0v) is 15.5. The molecule has 0 unspecified atom stereocenters. The van der Waals surface area contributed by atoms with E-state index in [0.29, 0.717) is 17.9 Å². The van der Waals surface area contributed by atoms with Crippen molar-refractivity contribution in [2.45, 2.75) is 83.6 Å². The van der Waals surface area contributed by atoms with Crippen LogP contribution in [-0.2, 0) is 10.2 Å². The van der Waals surface area contributed by atoms with E-state index in [4.69, 9.17) is 0 Å². The summed E-state index contributed by atoms with van der Waals surface area (Å²) in [5.74, 6) is 1.00. The van der Waals surface area contributed by atoms with Gasteiger partial charge in [-0.1, -0.05) is 45.2 Å². The number of hydrogen-bond donors (Lipinski definition) is 0. The number of rotatable bonds is 3. The minimum Gasteiger partial charge on any atom is -0.343 e. The normalized spacial score (nSPS) is 21.2.